The average molecular weight is 237 g/mol. The van der Waals surface area contributed by atoms with Crippen molar-refractivity contribution in [2.24, 2.45) is 0 Å². The topological polar surface area (TPSA) is 43.9 Å². The third-order valence-electron chi connectivity index (χ3n) is 3.56. The van der Waals surface area contributed by atoms with Crippen LogP contribution in [0.15, 0.2) is 11.6 Å². The molecule has 0 bridgehead atoms. The molecule has 17 heavy (non-hydrogen) atoms. The Balaban J connectivity index is 2.01. The van der Waals surface area contributed by atoms with Crippen molar-refractivity contribution in [2.75, 3.05) is 40.3 Å². The van der Waals surface area contributed by atoms with Gasteiger partial charge in [0.2, 0.25) is 0 Å². The lowest BCUT2D eigenvalue weighted by Gasteiger charge is -2.39. The normalized spacial score (nSPS) is 27.8. The summed E-state index contributed by atoms with van der Waals surface area (Å²) in [4.78, 5) is 29.2. The molecule has 0 aromatic rings. The number of carbonyl (C=O) groups is 2. The summed E-state index contributed by atoms with van der Waals surface area (Å²) in [7, 11) is 4.11. The maximum Gasteiger partial charge on any atom is 0.256 e. The summed E-state index contributed by atoms with van der Waals surface area (Å²) in [6.45, 7) is 5.09. The lowest BCUT2D eigenvalue weighted by molar-refractivity contribution is -0.138. The Morgan fingerprint density at radius 1 is 1.29 bits per heavy atom. The van der Waals surface area contributed by atoms with Gasteiger partial charge in [0.15, 0.2) is 0 Å². The molecule has 1 unspecified atom stereocenters. The van der Waals surface area contributed by atoms with E-state index in [-0.39, 0.29) is 17.9 Å². The number of piperazine rings is 1. The third kappa shape index (κ3) is 2.40. The van der Waals surface area contributed by atoms with Crippen molar-refractivity contribution >= 4 is 11.8 Å². The Hall–Kier alpha value is -1.20. The van der Waals surface area contributed by atoms with Gasteiger partial charge in [-0.05, 0) is 21.0 Å². The minimum absolute atomic E-state index is 0.142. The van der Waals surface area contributed by atoms with Crippen molar-refractivity contribution in [3.8, 4) is 0 Å². The van der Waals surface area contributed by atoms with Gasteiger partial charge in [-0.2, -0.15) is 0 Å². The van der Waals surface area contributed by atoms with Crippen LogP contribution in [0.4, 0.5) is 0 Å². The number of amides is 2. The van der Waals surface area contributed by atoms with Crippen LogP contribution in [0.3, 0.4) is 0 Å². The molecule has 0 aromatic heterocycles. The average Bonchev–Trinajstić information content (AvgIpc) is 2.50. The van der Waals surface area contributed by atoms with Gasteiger partial charge in [0.05, 0.1) is 0 Å². The minimum atomic E-state index is -0.172. The molecule has 2 aliphatic heterocycles. The van der Waals surface area contributed by atoms with E-state index in [4.69, 9.17) is 0 Å². The smallest absolute Gasteiger partial charge is 0.256 e. The van der Waals surface area contributed by atoms with Gasteiger partial charge in [-0.1, -0.05) is 0 Å². The van der Waals surface area contributed by atoms with Crippen molar-refractivity contribution < 1.29 is 9.59 Å². The van der Waals surface area contributed by atoms with Gasteiger partial charge in [0.1, 0.15) is 0 Å². The second kappa shape index (κ2) is 4.58. The number of nitrogens with zero attached hydrogens (tertiary/aromatic N) is 3. The number of hydrogen-bond acceptors (Lipinski definition) is 4. The molecule has 5 nitrogen and oxygen atoms in total. The minimum Gasteiger partial charge on any atom is -0.303 e. The summed E-state index contributed by atoms with van der Waals surface area (Å²) in [5.41, 5.74) is 0.543. The molecule has 0 aromatic carbocycles. The highest BCUT2D eigenvalue weighted by molar-refractivity contribution is 6.15. The molecule has 94 valence electrons. The number of rotatable bonds is 2. The Kier molecular flexibility index (Phi) is 3.31. The molecule has 1 saturated heterocycles. The van der Waals surface area contributed by atoms with Crippen molar-refractivity contribution in [1.82, 2.24) is 14.7 Å². The number of imide groups is 1. The second-order valence-corrected chi connectivity index (χ2v) is 4.98. The molecule has 1 atom stereocenters. The molecular weight excluding hydrogens is 218 g/mol. The van der Waals surface area contributed by atoms with Crippen LogP contribution in [0.25, 0.3) is 0 Å². The number of carbonyl (C=O) groups excluding carboxylic acids is 2. The highest BCUT2D eigenvalue weighted by atomic mass is 16.2. The molecule has 0 radical (unpaired) electrons. The molecular formula is C12H19N3O2. The van der Waals surface area contributed by atoms with E-state index < -0.39 is 0 Å². The first kappa shape index (κ1) is 12.3. The van der Waals surface area contributed by atoms with E-state index in [0.29, 0.717) is 12.1 Å². The highest BCUT2D eigenvalue weighted by Gasteiger charge is 2.33. The van der Waals surface area contributed by atoms with Gasteiger partial charge in [-0.15, -0.1) is 0 Å². The van der Waals surface area contributed by atoms with E-state index in [2.05, 4.69) is 16.8 Å². The predicted octanol–water partition coefficient (Wildman–Crippen LogP) is -0.453. The molecule has 0 spiro atoms. The van der Waals surface area contributed by atoms with E-state index in [0.717, 1.165) is 19.6 Å². The number of hydrogen-bond donors (Lipinski definition) is 0. The fraction of sp³-hybridized carbons (Fsp3) is 0.667. The summed E-state index contributed by atoms with van der Waals surface area (Å²) in [6.07, 6.45) is 1.43. The SMILES string of the molecule is CC1=CC(=O)N(CC2CN(C)CCN2C)C1=O. The highest BCUT2D eigenvalue weighted by Crippen LogP contribution is 2.15. The number of likely N-dealkylation sites (N-methyl/N-ethyl adjacent to an activating group) is 2. The summed E-state index contributed by atoms with van der Waals surface area (Å²) in [5.74, 6) is -0.314. The third-order valence-corrected chi connectivity index (χ3v) is 3.56. The largest absolute Gasteiger partial charge is 0.303 e. The molecule has 2 aliphatic rings. The molecule has 2 heterocycles. The Bertz CT molecular complexity index is 378. The first-order valence-electron chi connectivity index (χ1n) is 5.92. The summed E-state index contributed by atoms with van der Waals surface area (Å²) in [6, 6.07) is 0.237. The fourth-order valence-corrected chi connectivity index (χ4v) is 2.32. The van der Waals surface area contributed by atoms with Gasteiger partial charge in [0, 0.05) is 43.9 Å². The van der Waals surface area contributed by atoms with E-state index in [1.807, 2.05) is 7.05 Å². The fourth-order valence-electron chi connectivity index (χ4n) is 2.32. The van der Waals surface area contributed by atoms with Crippen LogP contribution in [0.1, 0.15) is 6.92 Å². The van der Waals surface area contributed by atoms with E-state index in [1.54, 1.807) is 6.92 Å². The van der Waals surface area contributed by atoms with Crippen molar-refractivity contribution in [1.29, 1.82) is 0 Å². The first-order chi connectivity index (χ1) is 7.99. The van der Waals surface area contributed by atoms with Crippen molar-refractivity contribution in [3.05, 3.63) is 11.6 Å². The molecule has 2 rings (SSSR count). The van der Waals surface area contributed by atoms with Gasteiger partial charge in [-0.25, -0.2) is 0 Å². The Morgan fingerprint density at radius 2 is 2.00 bits per heavy atom. The van der Waals surface area contributed by atoms with Crippen LogP contribution in [-0.4, -0.2) is 72.8 Å². The van der Waals surface area contributed by atoms with Gasteiger partial charge in [0.25, 0.3) is 11.8 Å². The summed E-state index contributed by atoms with van der Waals surface area (Å²) < 4.78 is 0. The quantitative estimate of drug-likeness (QED) is 0.610. The van der Waals surface area contributed by atoms with Crippen LogP contribution >= 0.6 is 0 Å². The Labute approximate surface area is 102 Å². The van der Waals surface area contributed by atoms with E-state index in [9.17, 15) is 9.59 Å². The van der Waals surface area contributed by atoms with Crippen LogP contribution in [0, 0.1) is 0 Å². The maximum atomic E-state index is 11.8. The van der Waals surface area contributed by atoms with Crippen LogP contribution in [-0.2, 0) is 9.59 Å². The summed E-state index contributed by atoms with van der Waals surface area (Å²) in [5, 5.41) is 0. The molecule has 5 heteroatoms. The lowest BCUT2D eigenvalue weighted by atomic mass is 10.1. The molecule has 1 fully saturated rings. The standard InChI is InChI=1S/C12H19N3O2/c1-9-6-11(16)15(12(9)17)8-10-7-13(2)4-5-14(10)3/h6,10H,4-5,7-8H2,1-3H3. The lowest BCUT2D eigenvalue weighted by Crippen LogP contribution is -2.55. The first-order valence-corrected chi connectivity index (χ1v) is 5.92. The molecule has 0 aliphatic carbocycles. The molecule has 0 N–H and O–H groups in total. The van der Waals surface area contributed by atoms with E-state index in [1.165, 1.54) is 11.0 Å². The van der Waals surface area contributed by atoms with Crippen molar-refractivity contribution in [2.45, 2.75) is 13.0 Å². The molecule has 0 saturated carbocycles. The van der Waals surface area contributed by atoms with Crippen molar-refractivity contribution in [3.63, 3.8) is 0 Å². The predicted molar refractivity (Wildman–Crippen MR) is 64.4 cm³/mol. The van der Waals surface area contributed by atoms with Crippen LogP contribution in [0.5, 0.6) is 0 Å². The van der Waals surface area contributed by atoms with Crippen LogP contribution in [0.2, 0.25) is 0 Å². The maximum absolute atomic E-state index is 11.8. The van der Waals surface area contributed by atoms with Gasteiger partial charge >= 0.3 is 0 Å². The van der Waals surface area contributed by atoms with Crippen LogP contribution < -0.4 is 0 Å². The summed E-state index contributed by atoms with van der Waals surface area (Å²) >= 11 is 0. The zero-order valence-electron chi connectivity index (χ0n) is 10.6. The van der Waals surface area contributed by atoms with Gasteiger partial charge in [-0.3, -0.25) is 19.4 Å². The second-order valence-electron chi connectivity index (χ2n) is 4.98. The Morgan fingerprint density at radius 3 is 2.59 bits per heavy atom. The molecule has 2 amide bonds. The monoisotopic (exact) mass is 237 g/mol. The zero-order valence-corrected chi connectivity index (χ0v) is 10.6. The zero-order chi connectivity index (χ0) is 12.6. The van der Waals surface area contributed by atoms with Gasteiger partial charge < -0.3 is 4.90 Å². The van der Waals surface area contributed by atoms with E-state index >= 15 is 0 Å².